The molecule has 4 atom stereocenters. The van der Waals surface area contributed by atoms with Crippen molar-refractivity contribution < 1.29 is 13.9 Å². The Morgan fingerprint density at radius 3 is 3.10 bits per heavy atom. The Balaban J connectivity index is 1.60. The van der Waals surface area contributed by atoms with E-state index in [1.165, 1.54) is 0 Å². The number of amides is 1. The van der Waals surface area contributed by atoms with E-state index in [-0.39, 0.29) is 24.3 Å². The SMILES string of the molecule is C[C@@H]1CN(c2cnc(C#N)c3ncccc23)C[C@H](CC2NCCC2(F)C(N)=O)O1. The summed E-state index contributed by atoms with van der Waals surface area (Å²) in [5, 5.41) is 13.2. The first-order chi connectivity index (χ1) is 13.9. The molecule has 0 saturated carbocycles. The predicted molar refractivity (Wildman–Crippen MR) is 105 cm³/mol. The van der Waals surface area contributed by atoms with E-state index in [0.717, 1.165) is 11.1 Å². The Morgan fingerprint density at radius 1 is 1.52 bits per heavy atom. The minimum absolute atomic E-state index is 0.0782. The number of primary amides is 1. The van der Waals surface area contributed by atoms with Crippen molar-refractivity contribution >= 4 is 22.5 Å². The van der Waals surface area contributed by atoms with Crippen molar-refractivity contribution in [1.82, 2.24) is 15.3 Å². The second-order valence-corrected chi connectivity index (χ2v) is 7.70. The van der Waals surface area contributed by atoms with E-state index in [0.29, 0.717) is 31.6 Å². The molecule has 8 nitrogen and oxygen atoms in total. The third kappa shape index (κ3) is 3.50. The number of nitriles is 1. The van der Waals surface area contributed by atoms with Gasteiger partial charge in [-0.15, -0.1) is 0 Å². The normalized spacial score (nSPS) is 29.7. The molecule has 0 aromatic carbocycles. The molecule has 0 bridgehead atoms. The maximum absolute atomic E-state index is 15.0. The summed E-state index contributed by atoms with van der Waals surface area (Å²) in [6.45, 7) is 3.50. The van der Waals surface area contributed by atoms with E-state index in [2.05, 4.69) is 26.3 Å². The first-order valence-corrected chi connectivity index (χ1v) is 9.69. The van der Waals surface area contributed by atoms with Gasteiger partial charge in [-0.2, -0.15) is 5.26 Å². The lowest BCUT2D eigenvalue weighted by molar-refractivity contribution is -0.131. The van der Waals surface area contributed by atoms with Gasteiger partial charge in [-0.3, -0.25) is 9.78 Å². The van der Waals surface area contributed by atoms with Crippen LogP contribution in [0.5, 0.6) is 0 Å². The first kappa shape index (κ1) is 19.5. The summed E-state index contributed by atoms with van der Waals surface area (Å²) in [7, 11) is 0. The van der Waals surface area contributed by atoms with E-state index in [4.69, 9.17) is 10.5 Å². The number of halogens is 1. The van der Waals surface area contributed by atoms with Crippen LogP contribution in [0.2, 0.25) is 0 Å². The summed E-state index contributed by atoms with van der Waals surface area (Å²) in [6.07, 6.45) is 3.34. The molecule has 29 heavy (non-hydrogen) atoms. The minimum Gasteiger partial charge on any atom is -0.372 e. The second-order valence-electron chi connectivity index (χ2n) is 7.70. The van der Waals surface area contributed by atoms with Crippen molar-refractivity contribution in [2.45, 2.75) is 43.7 Å². The second kappa shape index (κ2) is 7.54. The van der Waals surface area contributed by atoms with Crippen molar-refractivity contribution in [3.8, 4) is 6.07 Å². The molecule has 0 radical (unpaired) electrons. The molecular weight excluding hydrogens is 375 g/mol. The summed E-state index contributed by atoms with van der Waals surface area (Å²) >= 11 is 0. The highest BCUT2D eigenvalue weighted by Gasteiger charge is 2.49. The van der Waals surface area contributed by atoms with Gasteiger partial charge in [0, 0.05) is 31.1 Å². The fourth-order valence-corrected chi connectivity index (χ4v) is 4.36. The molecule has 1 amide bonds. The van der Waals surface area contributed by atoms with E-state index in [9.17, 15) is 10.1 Å². The first-order valence-electron chi connectivity index (χ1n) is 9.69. The van der Waals surface area contributed by atoms with Crippen molar-refractivity contribution in [2.75, 3.05) is 24.5 Å². The lowest BCUT2D eigenvalue weighted by Crippen LogP contribution is -2.54. The van der Waals surface area contributed by atoms with E-state index in [1.54, 1.807) is 12.4 Å². The fraction of sp³-hybridized carbons (Fsp3) is 0.500. The van der Waals surface area contributed by atoms with Crippen LogP contribution < -0.4 is 16.0 Å². The Hall–Kier alpha value is -2.83. The number of alkyl halides is 1. The maximum Gasteiger partial charge on any atom is 0.256 e. The summed E-state index contributed by atoms with van der Waals surface area (Å²) in [6, 6.07) is 5.13. The van der Waals surface area contributed by atoms with Gasteiger partial charge in [0.1, 0.15) is 11.6 Å². The lowest BCUT2D eigenvalue weighted by Gasteiger charge is -2.40. The average molecular weight is 398 g/mol. The fourth-order valence-electron chi connectivity index (χ4n) is 4.36. The smallest absolute Gasteiger partial charge is 0.256 e. The monoisotopic (exact) mass is 398 g/mol. The van der Waals surface area contributed by atoms with E-state index in [1.807, 2.05) is 19.1 Å². The van der Waals surface area contributed by atoms with Crippen LogP contribution in [0.25, 0.3) is 10.9 Å². The van der Waals surface area contributed by atoms with Crippen LogP contribution in [0.3, 0.4) is 0 Å². The quantitative estimate of drug-likeness (QED) is 0.790. The van der Waals surface area contributed by atoms with Crippen molar-refractivity contribution in [3.05, 3.63) is 30.2 Å². The van der Waals surface area contributed by atoms with Crippen LogP contribution in [0.1, 0.15) is 25.5 Å². The highest BCUT2D eigenvalue weighted by molar-refractivity contribution is 5.93. The Bertz CT molecular complexity index is 979. The van der Waals surface area contributed by atoms with E-state index >= 15 is 4.39 Å². The van der Waals surface area contributed by atoms with Crippen LogP contribution in [0, 0.1) is 11.3 Å². The number of hydrogen-bond acceptors (Lipinski definition) is 7. The molecule has 2 fully saturated rings. The molecule has 2 aliphatic rings. The van der Waals surface area contributed by atoms with Crippen LogP contribution in [-0.2, 0) is 9.53 Å². The van der Waals surface area contributed by atoms with Crippen LogP contribution in [0.15, 0.2) is 24.5 Å². The number of carbonyl (C=O) groups is 1. The average Bonchev–Trinajstić information content (AvgIpc) is 3.08. The molecule has 4 rings (SSSR count). The molecule has 152 valence electrons. The summed E-state index contributed by atoms with van der Waals surface area (Å²) < 4.78 is 21.0. The third-order valence-electron chi connectivity index (χ3n) is 5.74. The number of nitrogens with zero attached hydrogens (tertiary/aromatic N) is 4. The zero-order valence-electron chi connectivity index (χ0n) is 16.1. The minimum atomic E-state index is -2.05. The van der Waals surface area contributed by atoms with Crippen molar-refractivity contribution in [1.29, 1.82) is 5.26 Å². The molecule has 0 spiro atoms. The van der Waals surface area contributed by atoms with Gasteiger partial charge >= 0.3 is 0 Å². The maximum atomic E-state index is 15.0. The molecule has 2 saturated heterocycles. The standard InChI is InChI=1S/C20H23FN6O2/c1-12-10-27(16-9-26-15(8-22)18-14(16)3-2-5-25-18)11-13(29-12)7-17-20(21,19(23)28)4-6-24-17/h2-3,5,9,12-13,17,24H,4,6-7,10-11H2,1H3,(H2,23,28)/t12-,13+,17?,20?/m1/s1. The zero-order valence-corrected chi connectivity index (χ0v) is 16.1. The van der Waals surface area contributed by atoms with Crippen molar-refractivity contribution in [3.63, 3.8) is 0 Å². The summed E-state index contributed by atoms with van der Waals surface area (Å²) in [5.74, 6) is -0.929. The van der Waals surface area contributed by atoms with Gasteiger partial charge in [0.25, 0.3) is 5.91 Å². The van der Waals surface area contributed by atoms with Crippen LogP contribution >= 0.6 is 0 Å². The zero-order chi connectivity index (χ0) is 20.6. The van der Waals surface area contributed by atoms with E-state index < -0.39 is 17.6 Å². The number of pyridine rings is 2. The summed E-state index contributed by atoms with van der Waals surface area (Å²) in [4.78, 5) is 22.3. The van der Waals surface area contributed by atoms with Gasteiger partial charge in [0.2, 0.25) is 5.67 Å². The highest BCUT2D eigenvalue weighted by atomic mass is 19.1. The molecular formula is C20H23FN6O2. The number of carbonyl (C=O) groups excluding carboxylic acids is 1. The molecule has 2 unspecified atom stereocenters. The number of fused-ring (bicyclic) bond motifs is 1. The molecule has 0 aliphatic carbocycles. The number of hydrogen-bond donors (Lipinski definition) is 2. The number of anilines is 1. The van der Waals surface area contributed by atoms with Gasteiger partial charge in [0.05, 0.1) is 30.1 Å². The number of rotatable bonds is 4. The molecule has 9 heteroatoms. The topological polar surface area (TPSA) is 117 Å². The lowest BCUT2D eigenvalue weighted by atomic mass is 9.91. The Kier molecular flexibility index (Phi) is 5.06. The number of ether oxygens (including phenoxy) is 1. The summed E-state index contributed by atoms with van der Waals surface area (Å²) in [5.41, 5.74) is 4.95. The van der Waals surface area contributed by atoms with Gasteiger partial charge in [-0.05, 0) is 32.0 Å². The van der Waals surface area contributed by atoms with Crippen molar-refractivity contribution in [2.24, 2.45) is 5.73 Å². The third-order valence-corrected chi connectivity index (χ3v) is 5.74. The van der Waals surface area contributed by atoms with Crippen LogP contribution in [0.4, 0.5) is 10.1 Å². The molecule has 2 aromatic rings. The highest BCUT2D eigenvalue weighted by Crippen LogP contribution is 2.33. The molecule has 2 aliphatic heterocycles. The number of aromatic nitrogens is 2. The predicted octanol–water partition coefficient (Wildman–Crippen LogP) is 1.04. The molecule has 3 N–H and O–H groups in total. The molecule has 2 aromatic heterocycles. The number of nitrogens with one attached hydrogen (secondary N) is 1. The van der Waals surface area contributed by atoms with Gasteiger partial charge in [0.15, 0.2) is 5.69 Å². The molecule has 4 heterocycles. The van der Waals surface area contributed by atoms with Gasteiger partial charge < -0.3 is 20.7 Å². The largest absolute Gasteiger partial charge is 0.372 e. The van der Waals surface area contributed by atoms with Crippen LogP contribution in [-0.4, -0.2) is 59.4 Å². The Labute approximate surface area is 167 Å². The number of nitrogens with two attached hydrogens (primary N) is 1. The number of morpholine rings is 1. The van der Waals surface area contributed by atoms with Gasteiger partial charge in [-0.25, -0.2) is 9.37 Å². The Morgan fingerprint density at radius 2 is 2.34 bits per heavy atom. The van der Waals surface area contributed by atoms with Gasteiger partial charge in [-0.1, -0.05) is 0 Å².